The Morgan fingerprint density at radius 2 is 1.88 bits per heavy atom. The smallest absolute Gasteiger partial charge is 0.336 e. The third-order valence-corrected chi connectivity index (χ3v) is 6.23. The molecule has 1 aliphatic rings. The van der Waals surface area contributed by atoms with Crippen molar-refractivity contribution in [3.05, 3.63) is 82.6 Å². The number of carbonyl (C=O) groups is 2. The highest BCUT2D eigenvalue weighted by atomic mass is 32.1. The van der Waals surface area contributed by atoms with Gasteiger partial charge in [-0.2, -0.15) is 8.75 Å². The quantitative estimate of drug-likeness (QED) is 0.317. The molecule has 2 aromatic heterocycles. The van der Waals surface area contributed by atoms with Gasteiger partial charge in [-0.05, 0) is 47.0 Å². The van der Waals surface area contributed by atoms with Crippen LogP contribution >= 0.6 is 11.7 Å². The zero-order chi connectivity index (χ0) is 23.7. The van der Waals surface area contributed by atoms with Crippen LogP contribution in [0.15, 0.2) is 60.3 Å². The predicted octanol–water partition coefficient (Wildman–Crippen LogP) is 3.99. The van der Waals surface area contributed by atoms with Crippen LogP contribution in [-0.4, -0.2) is 44.3 Å². The van der Waals surface area contributed by atoms with E-state index >= 15 is 0 Å². The van der Waals surface area contributed by atoms with Crippen LogP contribution in [0.4, 0.5) is 0 Å². The number of ether oxygens (including phenoxy) is 2. The van der Waals surface area contributed by atoms with E-state index in [1.807, 2.05) is 0 Å². The Morgan fingerprint density at radius 1 is 1.06 bits per heavy atom. The maximum atomic E-state index is 13.8. The molecule has 0 bridgehead atoms. The number of aromatic nitrogens is 3. The molecule has 0 unspecified atom stereocenters. The predicted molar refractivity (Wildman–Crippen MR) is 126 cm³/mol. The molecule has 1 aliphatic heterocycles. The fourth-order valence-electron chi connectivity index (χ4n) is 3.99. The second kappa shape index (κ2) is 9.03. The van der Waals surface area contributed by atoms with Gasteiger partial charge in [-0.25, -0.2) is 9.78 Å². The minimum atomic E-state index is -1.20. The summed E-state index contributed by atoms with van der Waals surface area (Å²) >= 11 is 1.05. The largest absolute Gasteiger partial charge is 0.493 e. The first-order valence-corrected chi connectivity index (χ1v) is 11.2. The summed E-state index contributed by atoms with van der Waals surface area (Å²) in [6, 6.07) is 13.7. The zero-order valence-corrected chi connectivity index (χ0v) is 19.0. The Hall–Kier alpha value is -4.11. The minimum absolute atomic E-state index is 0.0764. The number of carboxylic acid groups (broad SMARTS) is 1. The van der Waals surface area contributed by atoms with Gasteiger partial charge >= 0.3 is 5.97 Å². The van der Waals surface area contributed by atoms with Gasteiger partial charge in [-0.15, -0.1) is 0 Å². The highest BCUT2D eigenvalue weighted by Crippen LogP contribution is 2.31. The van der Waals surface area contributed by atoms with E-state index in [0.29, 0.717) is 46.6 Å². The normalized spacial score (nSPS) is 13.2. The minimum Gasteiger partial charge on any atom is -0.493 e. The fraction of sp³-hybridized carbons (Fsp3) is 0.160. The summed E-state index contributed by atoms with van der Waals surface area (Å²) in [5.41, 5.74) is 3.75. The van der Waals surface area contributed by atoms with Crippen molar-refractivity contribution in [3.8, 4) is 11.6 Å². The lowest BCUT2D eigenvalue weighted by Gasteiger charge is -2.14. The van der Waals surface area contributed by atoms with E-state index in [0.717, 1.165) is 23.0 Å². The third-order valence-electron chi connectivity index (χ3n) is 5.67. The van der Waals surface area contributed by atoms with Gasteiger partial charge in [-0.1, -0.05) is 12.1 Å². The van der Waals surface area contributed by atoms with Gasteiger partial charge in [0.2, 0.25) is 5.88 Å². The van der Waals surface area contributed by atoms with E-state index in [1.54, 1.807) is 54.7 Å². The molecule has 170 valence electrons. The van der Waals surface area contributed by atoms with Crippen LogP contribution in [0.25, 0.3) is 16.6 Å². The second-order valence-electron chi connectivity index (χ2n) is 7.76. The van der Waals surface area contributed by atoms with Crippen LogP contribution in [-0.2, 0) is 17.6 Å². The molecule has 2 aromatic carbocycles. The van der Waals surface area contributed by atoms with Crippen molar-refractivity contribution < 1.29 is 24.2 Å². The van der Waals surface area contributed by atoms with Crippen molar-refractivity contribution in [1.29, 1.82) is 0 Å². The number of pyridine rings is 1. The molecule has 0 amide bonds. The van der Waals surface area contributed by atoms with Gasteiger partial charge in [0.1, 0.15) is 16.8 Å². The molecule has 0 aliphatic carbocycles. The van der Waals surface area contributed by atoms with Crippen molar-refractivity contribution in [2.75, 3.05) is 13.7 Å². The standard InChI is InChI=1S/C25H19N3O5S/c1-32-22-7-2-14(13-26-22)10-18(24(29)17-4-6-21-15(11-17)8-9-33-21)23(25(30)31)16-3-5-19-20(12-16)28-34-27-19/h2-7,11-13H,8-10H2,1H3,(H,30,31). The van der Waals surface area contributed by atoms with Crippen LogP contribution in [0.5, 0.6) is 11.6 Å². The molecule has 4 aromatic rings. The van der Waals surface area contributed by atoms with Crippen molar-refractivity contribution in [2.45, 2.75) is 12.8 Å². The maximum absolute atomic E-state index is 13.8. The average Bonchev–Trinajstić information content (AvgIpc) is 3.52. The van der Waals surface area contributed by atoms with Gasteiger partial charge in [-0.3, -0.25) is 4.79 Å². The molecule has 1 N–H and O–H groups in total. The summed E-state index contributed by atoms with van der Waals surface area (Å²) in [4.78, 5) is 30.5. The molecule has 0 saturated heterocycles. The number of hydrogen-bond donors (Lipinski definition) is 1. The highest BCUT2D eigenvalue weighted by Gasteiger charge is 2.25. The Kier molecular flexibility index (Phi) is 5.77. The summed E-state index contributed by atoms with van der Waals surface area (Å²) in [6.07, 6.45) is 2.37. The van der Waals surface area contributed by atoms with Crippen LogP contribution in [0.3, 0.4) is 0 Å². The van der Waals surface area contributed by atoms with Crippen molar-refractivity contribution >= 4 is 40.1 Å². The Balaban J connectivity index is 1.66. The zero-order valence-electron chi connectivity index (χ0n) is 18.1. The molecule has 8 nitrogen and oxygen atoms in total. The molecular weight excluding hydrogens is 454 g/mol. The van der Waals surface area contributed by atoms with E-state index in [-0.39, 0.29) is 23.4 Å². The van der Waals surface area contributed by atoms with Gasteiger partial charge in [0, 0.05) is 36.2 Å². The molecule has 0 spiro atoms. The Bertz CT molecular complexity index is 1440. The van der Waals surface area contributed by atoms with Crippen LogP contribution in [0, 0.1) is 0 Å². The molecule has 0 atom stereocenters. The first kappa shape index (κ1) is 21.7. The van der Waals surface area contributed by atoms with E-state index in [4.69, 9.17) is 9.47 Å². The van der Waals surface area contributed by atoms with Crippen LogP contribution in [0.2, 0.25) is 0 Å². The van der Waals surface area contributed by atoms with Crippen LogP contribution in [0.1, 0.15) is 27.0 Å². The van der Waals surface area contributed by atoms with Crippen molar-refractivity contribution in [3.63, 3.8) is 0 Å². The van der Waals surface area contributed by atoms with Crippen LogP contribution < -0.4 is 9.47 Å². The molecule has 0 saturated carbocycles. The number of hydrogen-bond acceptors (Lipinski definition) is 8. The summed E-state index contributed by atoms with van der Waals surface area (Å²) in [5.74, 6) is -0.378. The van der Waals surface area contributed by atoms with E-state index in [9.17, 15) is 14.7 Å². The number of allylic oxidation sites excluding steroid dienone is 1. The lowest BCUT2D eigenvalue weighted by atomic mass is 9.89. The second-order valence-corrected chi connectivity index (χ2v) is 8.29. The molecule has 0 fully saturated rings. The molecule has 9 heteroatoms. The maximum Gasteiger partial charge on any atom is 0.336 e. The van der Waals surface area contributed by atoms with Gasteiger partial charge in [0.05, 0.1) is 31.0 Å². The van der Waals surface area contributed by atoms with E-state index < -0.39 is 5.97 Å². The number of nitrogens with zero attached hydrogens (tertiary/aromatic N) is 3. The summed E-state index contributed by atoms with van der Waals surface area (Å²) in [7, 11) is 1.51. The summed E-state index contributed by atoms with van der Waals surface area (Å²) < 4.78 is 19.1. The number of benzene rings is 2. The van der Waals surface area contributed by atoms with E-state index in [2.05, 4.69) is 13.7 Å². The third kappa shape index (κ3) is 4.13. The molecule has 5 rings (SSSR count). The molecule has 34 heavy (non-hydrogen) atoms. The number of ketones is 1. The summed E-state index contributed by atoms with van der Waals surface area (Å²) in [6.45, 7) is 0.565. The highest BCUT2D eigenvalue weighted by molar-refractivity contribution is 7.00. The number of carboxylic acids is 1. The van der Waals surface area contributed by atoms with E-state index in [1.165, 1.54) is 7.11 Å². The fourth-order valence-corrected chi connectivity index (χ4v) is 4.51. The molecule has 0 radical (unpaired) electrons. The molecular formula is C25H19N3O5S. The number of rotatable bonds is 7. The summed E-state index contributed by atoms with van der Waals surface area (Å²) in [5, 5.41) is 10.2. The van der Waals surface area contributed by atoms with Gasteiger partial charge < -0.3 is 14.6 Å². The van der Waals surface area contributed by atoms with Gasteiger partial charge in [0.15, 0.2) is 5.78 Å². The first-order chi connectivity index (χ1) is 16.5. The average molecular weight is 474 g/mol. The monoisotopic (exact) mass is 473 g/mol. The van der Waals surface area contributed by atoms with Gasteiger partial charge in [0.25, 0.3) is 0 Å². The lowest BCUT2D eigenvalue weighted by Crippen LogP contribution is -2.14. The number of methoxy groups -OCH3 is 1. The Labute approximate surface area is 198 Å². The van der Waals surface area contributed by atoms with Crippen molar-refractivity contribution in [1.82, 2.24) is 13.7 Å². The number of Topliss-reactive ketones (excluding diaryl/α,β-unsaturated/α-hetero) is 1. The number of fused-ring (bicyclic) bond motifs is 2. The SMILES string of the molecule is COc1ccc(CC(C(=O)c2ccc3c(c2)CCO3)=C(C(=O)O)c2ccc3nsnc3c2)cn1. The number of aliphatic carboxylic acids is 1. The topological polar surface area (TPSA) is 112 Å². The molecule has 3 heterocycles. The lowest BCUT2D eigenvalue weighted by molar-refractivity contribution is -0.130. The Morgan fingerprint density at radius 3 is 2.65 bits per heavy atom. The first-order valence-electron chi connectivity index (χ1n) is 10.5. The van der Waals surface area contributed by atoms with Crippen molar-refractivity contribution in [2.24, 2.45) is 0 Å². The number of carbonyl (C=O) groups excluding carboxylic acids is 1.